The van der Waals surface area contributed by atoms with Crippen LogP contribution in [0.25, 0.3) is 0 Å². The van der Waals surface area contributed by atoms with Crippen molar-refractivity contribution in [2.75, 3.05) is 20.1 Å². The highest BCUT2D eigenvalue weighted by Gasteiger charge is 2.23. The maximum atomic E-state index is 9.96. The molecule has 3 heteroatoms. The molecular formula is C14H30N2O. The minimum absolute atomic E-state index is 0.209. The molecule has 0 aliphatic carbocycles. The lowest BCUT2D eigenvalue weighted by Gasteiger charge is -2.36. The summed E-state index contributed by atoms with van der Waals surface area (Å²) in [6.07, 6.45) is 3.04. The molecule has 102 valence electrons. The molecule has 1 saturated heterocycles. The van der Waals surface area contributed by atoms with Crippen LogP contribution >= 0.6 is 0 Å². The van der Waals surface area contributed by atoms with Crippen LogP contribution in [-0.2, 0) is 0 Å². The molecule has 3 unspecified atom stereocenters. The lowest BCUT2D eigenvalue weighted by atomic mass is 9.89. The summed E-state index contributed by atoms with van der Waals surface area (Å²) < 4.78 is 0. The van der Waals surface area contributed by atoms with E-state index in [0.29, 0.717) is 12.1 Å². The number of likely N-dealkylation sites (tertiary alicyclic amines) is 1. The largest absolute Gasteiger partial charge is 0.392 e. The van der Waals surface area contributed by atoms with Crippen LogP contribution in [0.2, 0.25) is 0 Å². The van der Waals surface area contributed by atoms with Gasteiger partial charge in [0.2, 0.25) is 0 Å². The molecule has 1 rings (SSSR count). The molecular weight excluding hydrogens is 212 g/mol. The molecule has 17 heavy (non-hydrogen) atoms. The van der Waals surface area contributed by atoms with Gasteiger partial charge in [0.25, 0.3) is 0 Å². The number of aliphatic hydroxyl groups is 1. The molecule has 1 aliphatic heterocycles. The summed E-state index contributed by atoms with van der Waals surface area (Å²) >= 11 is 0. The van der Waals surface area contributed by atoms with E-state index in [1.165, 1.54) is 12.8 Å². The first-order chi connectivity index (χ1) is 7.78. The fraction of sp³-hybridized carbons (Fsp3) is 1.00. The molecule has 1 fully saturated rings. The molecule has 2 N–H and O–H groups in total. The highest BCUT2D eigenvalue weighted by molar-refractivity contribution is 4.82. The van der Waals surface area contributed by atoms with E-state index in [-0.39, 0.29) is 11.5 Å². The molecule has 0 radical (unpaired) electrons. The second-order valence-corrected chi connectivity index (χ2v) is 6.88. The van der Waals surface area contributed by atoms with Gasteiger partial charge in [-0.05, 0) is 45.2 Å². The third kappa shape index (κ3) is 5.84. The molecule has 1 heterocycles. The zero-order valence-corrected chi connectivity index (χ0v) is 12.2. The smallest absolute Gasteiger partial charge is 0.0669 e. The molecule has 3 atom stereocenters. The van der Waals surface area contributed by atoms with Gasteiger partial charge in [0.15, 0.2) is 0 Å². The Morgan fingerprint density at radius 1 is 1.41 bits per heavy atom. The monoisotopic (exact) mass is 242 g/mol. The Kier molecular flexibility index (Phi) is 5.42. The van der Waals surface area contributed by atoms with E-state index in [9.17, 15) is 5.11 Å². The third-order valence-electron chi connectivity index (χ3n) is 3.70. The fourth-order valence-corrected chi connectivity index (χ4v) is 2.56. The first kappa shape index (κ1) is 14.9. The molecule has 0 aromatic heterocycles. The summed E-state index contributed by atoms with van der Waals surface area (Å²) in [7, 11) is 2.19. The number of hydrogen-bond donors (Lipinski definition) is 2. The fourth-order valence-electron chi connectivity index (χ4n) is 2.56. The summed E-state index contributed by atoms with van der Waals surface area (Å²) in [6.45, 7) is 10.7. The first-order valence-corrected chi connectivity index (χ1v) is 6.89. The van der Waals surface area contributed by atoms with Gasteiger partial charge in [-0.15, -0.1) is 0 Å². The quantitative estimate of drug-likeness (QED) is 0.790. The number of nitrogens with zero attached hydrogens (tertiary/aromatic N) is 1. The van der Waals surface area contributed by atoms with Crippen molar-refractivity contribution in [3.05, 3.63) is 0 Å². The van der Waals surface area contributed by atoms with Crippen molar-refractivity contribution < 1.29 is 5.11 Å². The van der Waals surface area contributed by atoms with Gasteiger partial charge in [0.05, 0.1) is 6.10 Å². The van der Waals surface area contributed by atoms with Gasteiger partial charge in [-0.2, -0.15) is 0 Å². The molecule has 0 saturated carbocycles. The van der Waals surface area contributed by atoms with Crippen LogP contribution in [0, 0.1) is 5.41 Å². The van der Waals surface area contributed by atoms with Crippen LogP contribution in [0.15, 0.2) is 0 Å². The van der Waals surface area contributed by atoms with Crippen LogP contribution in [0.4, 0.5) is 0 Å². The Balaban J connectivity index is 2.22. The molecule has 0 aromatic carbocycles. The normalized spacial score (nSPS) is 29.3. The Morgan fingerprint density at radius 3 is 2.59 bits per heavy atom. The van der Waals surface area contributed by atoms with Crippen molar-refractivity contribution in [1.29, 1.82) is 0 Å². The number of rotatable bonds is 4. The SMILES string of the molecule is CC1CC(NCC(O)CC(C)(C)C)CCN1C. The second-order valence-electron chi connectivity index (χ2n) is 6.88. The summed E-state index contributed by atoms with van der Waals surface area (Å²) in [5, 5.41) is 13.5. The second kappa shape index (κ2) is 6.17. The molecule has 0 aromatic rings. The molecule has 3 nitrogen and oxygen atoms in total. The van der Waals surface area contributed by atoms with Crippen molar-refractivity contribution in [2.45, 2.75) is 65.1 Å². The van der Waals surface area contributed by atoms with Gasteiger partial charge in [-0.1, -0.05) is 20.8 Å². The van der Waals surface area contributed by atoms with Gasteiger partial charge >= 0.3 is 0 Å². The molecule has 0 bridgehead atoms. The number of hydrogen-bond acceptors (Lipinski definition) is 3. The van der Waals surface area contributed by atoms with E-state index in [1.807, 2.05) is 0 Å². The standard InChI is InChI=1S/C14H30N2O/c1-11-8-12(6-7-16(11)5)15-10-13(17)9-14(2,3)4/h11-13,15,17H,6-10H2,1-5H3. The molecule has 1 aliphatic rings. The van der Waals surface area contributed by atoms with E-state index >= 15 is 0 Å². The Morgan fingerprint density at radius 2 is 2.06 bits per heavy atom. The zero-order chi connectivity index (χ0) is 13.1. The van der Waals surface area contributed by atoms with Gasteiger partial charge in [-0.3, -0.25) is 0 Å². The number of nitrogens with one attached hydrogen (secondary N) is 1. The van der Waals surface area contributed by atoms with Crippen LogP contribution in [0.1, 0.15) is 47.0 Å². The summed E-state index contributed by atoms with van der Waals surface area (Å²) in [6, 6.07) is 1.23. The van der Waals surface area contributed by atoms with Crippen molar-refractivity contribution in [3.8, 4) is 0 Å². The van der Waals surface area contributed by atoms with Gasteiger partial charge in [-0.25, -0.2) is 0 Å². The minimum Gasteiger partial charge on any atom is -0.392 e. The zero-order valence-electron chi connectivity index (χ0n) is 12.2. The van der Waals surface area contributed by atoms with E-state index in [2.05, 4.69) is 45.0 Å². The maximum absolute atomic E-state index is 9.96. The van der Waals surface area contributed by atoms with E-state index in [4.69, 9.17) is 0 Å². The predicted octanol–water partition coefficient (Wildman–Crippen LogP) is 1.86. The molecule has 0 amide bonds. The topological polar surface area (TPSA) is 35.5 Å². The van der Waals surface area contributed by atoms with Crippen molar-refractivity contribution in [2.24, 2.45) is 5.41 Å². The van der Waals surface area contributed by atoms with Crippen LogP contribution in [-0.4, -0.2) is 48.3 Å². The molecule has 0 spiro atoms. The predicted molar refractivity (Wildman–Crippen MR) is 73.2 cm³/mol. The number of piperidine rings is 1. The Bertz CT molecular complexity index is 225. The average Bonchev–Trinajstić information content (AvgIpc) is 2.17. The number of aliphatic hydroxyl groups excluding tert-OH is 1. The Hall–Kier alpha value is -0.120. The van der Waals surface area contributed by atoms with Crippen LogP contribution < -0.4 is 5.32 Å². The van der Waals surface area contributed by atoms with Gasteiger partial charge in [0.1, 0.15) is 0 Å². The average molecular weight is 242 g/mol. The van der Waals surface area contributed by atoms with E-state index in [1.54, 1.807) is 0 Å². The van der Waals surface area contributed by atoms with Crippen LogP contribution in [0.3, 0.4) is 0 Å². The summed E-state index contributed by atoms with van der Waals surface area (Å²) in [4.78, 5) is 2.41. The van der Waals surface area contributed by atoms with E-state index < -0.39 is 0 Å². The van der Waals surface area contributed by atoms with Crippen molar-refractivity contribution in [1.82, 2.24) is 10.2 Å². The lowest BCUT2D eigenvalue weighted by molar-refractivity contribution is 0.106. The Labute approximate surface area is 107 Å². The van der Waals surface area contributed by atoms with Gasteiger partial charge in [0, 0.05) is 18.6 Å². The third-order valence-corrected chi connectivity index (χ3v) is 3.70. The minimum atomic E-state index is -0.218. The van der Waals surface area contributed by atoms with E-state index in [0.717, 1.165) is 19.5 Å². The lowest BCUT2D eigenvalue weighted by Crippen LogP contribution is -2.47. The van der Waals surface area contributed by atoms with Crippen molar-refractivity contribution in [3.63, 3.8) is 0 Å². The van der Waals surface area contributed by atoms with Crippen molar-refractivity contribution >= 4 is 0 Å². The van der Waals surface area contributed by atoms with Crippen LogP contribution in [0.5, 0.6) is 0 Å². The highest BCUT2D eigenvalue weighted by Crippen LogP contribution is 2.21. The first-order valence-electron chi connectivity index (χ1n) is 6.89. The van der Waals surface area contributed by atoms with Gasteiger partial charge < -0.3 is 15.3 Å². The summed E-state index contributed by atoms with van der Waals surface area (Å²) in [5.41, 5.74) is 0.209. The highest BCUT2D eigenvalue weighted by atomic mass is 16.3. The summed E-state index contributed by atoms with van der Waals surface area (Å²) in [5.74, 6) is 0. The maximum Gasteiger partial charge on any atom is 0.0669 e.